The first-order chi connectivity index (χ1) is 10.5. The second-order valence-electron chi connectivity index (χ2n) is 5.62. The number of cyclic esters (lactones) is 1. The number of carbonyl (C=O) groups excluding carboxylic acids is 1. The Bertz CT molecular complexity index is 886. The highest BCUT2D eigenvalue weighted by molar-refractivity contribution is 5.93. The molecule has 0 atom stereocenters. The maximum atomic E-state index is 11.6. The van der Waals surface area contributed by atoms with E-state index in [1.807, 2.05) is 26.0 Å². The smallest absolute Gasteiger partial charge is 0.412 e. The van der Waals surface area contributed by atoms with Crippen LogP contribution in [0.2, 0.25) is 0 Å². The van der Waals surface area contributed by atoms with Gasteiger partial charge in [0.2, 0.25) is 0 Å². The number of rotatable bonds is 1. The molecule has 4 rings (SSSR count). The molecule has 0 saturated heterocycles. The van der Waals surface area contributed by atoms with Crippen LogP contribution in [0.3, 0.4) is 0 Å². The molecule has 1 amide bonds. The van der Waals surface area contributed by atoms with Crippen molar-refractivity contribution in [1.82, 2.24) is 19.9 Å². The minimum atomic E-state index is -0.691. The van der Waals surface area contributed by atoms with Gasteiger partial charge in [0, 0.05) is 18.0 Å². The van der Waals surface area contributed by atoms with Gasteiger partial charge in [0.25, 0.3) is 0 Å². The predicted octanol–water partition coefficient (Wildman–Crippen LogP) is 2.82. The van der Waals surface area contributed by atoms with E-state index in [1.54, 1.807) is 18.6 Å². The van der Waals surface area contributed by atoms with Gasteiger partial charge in [-0.3, -0.25) is 10.3 Å². The largest absolute Gasteiger partial charge is 0.438 e. The van der Waals surface area contributed by atoms with Gasteiger partial charge in [0.05, 0.1) is 22.9 Å². The van der Waals surface area contributed by atoms with E-state index >= 15 is 0 Å². The van der Waals surface area contributed by atoms with Crippen LogP contribution in [0, 0.1) is 0 Å². The van der Waals surface area contributed by atoms with Crippen molar-refractivity contribution in [2.75, 3.05) is 5.32 Å². The number of anilines is 1. The SMILES string of the molecule is CC1(C)OC(=O)Nc2cc3nc(-c4cnccn4)[nH]c3cc21. The van der Waals surface area contributed by atoms with Gasteiger partial charge in [-0.05, 0) is 26.0 Å². The molecule has 1 aliphatic heterocycles. The Balaban J connectivity index is 1.90. The molecular formula is C15H13N5O2. The molecular weight excluding hydrogens is 282 g/mol. The van der Waals surface area contributed by atoms with E-state index in [9.17, 15) is 4.79 Å². The van der Waals surface area contributed by atoms with Crippen LogP contribution in [0.1, 0.15) is 19.4 Å². The van der Waals surface area contributed by atoms with Gasteiger partial charge >= 0.3 is 6.09 Å². The van der Waals surface area contributed by atoms with Crippen LogP contribution in [0.15, 0.2) is 30.7 Å². The Hall–Kier alpha value is -2.96. The van der Waals surface area contributed by atoms with Gasteiger partial charge in [-0.1, -0.05) is 0 Å². The van der Waals surface area contributed by atoms with Crippen LogP contribution < -0.4 is 5.32 Å². The monoisotopic (exact) mass is 295 g/mol. The number of H-pyrrole nitrogens is 1. The fourth-order valence-electron chi connectivity index (χ4n) is 2.62. The Morgan fingerprint density at radius 3 is 2.86 bits per heavy atom. The number of aromatic nitrogens is 4. The highest BCUT2D eigenvalue weighted by Crippen LogP contribution is 2.37. The van der Waals surface area contributed by atoms with Gasteiger partial charge in [-0.2, -0.15) is 0 Å². The number of benzene rings is 1. The summed E-state index contributed by atoms with van der Waals surface area (Å²) >= 11 is 0. The van der Waals surface area contributed by atoms with E-state index in [1.165, 1.54) is 0 Å². The molecule has 0 bridgehead atoms. The van der Waals surface area contributed by atoms with Crippen LogP contribution in [-0.2, 0) is 10.3 Å². The molecule has 2 N–H and O–H groups in total. The maximum absolute atomic E-state index is 11.6. The summed E-state index contributed by atoms with van der Waals surface area (Å²) in [6.45, 7) is 3.71. The molecule has 0 aliphatic carbocycles. The zero-order valence-corrected chi connectivity index (χ0v) is 12.0. The highest BCUT2D eigenvalue weighted by Gasteiger charge is 2.34. The average Bonchev–Trinajstić information content (AvgIpc) is 2.88. The fourth-order valence-corrected chi connectivity index (χ4v) is 2.62. The number of amides is 1. The van der Waals surface area contributed by atoms with Crippen molar-refractivity contribution >= 4 is 22.8 Å². The first-order valence-electron chi connectivity index (χ1n) is 6.83. The second-order valence-corrected chi connectivity index (χ2v) is 5.62. The van der Waals surface area contributed by atoms with Crippen LogP contribution in [0.25, 0.3) is 22.6 Å². The van der Waals surface area contributed by atoms with Gasteiger partial charge in [0.15, 0.2) is 5.82 Å². The second kappa shape index (κ2) is 4.27. The molecule has 3 heterocycles. The lowest BCUT2D eigenvalue weighted by Gasteiger charge is -2.32. The summed E-state index contributed by atoms with van der Waals surface area (Å²) < 4.78 is 5.33. The zero-order valence-electron chi connectivity index (χ0n) is 12.0. The molecule has 7 nitrogen and oxygen atoms in total. The van der Waals surface area contributed by atoms with E-state index in [0.29, 0.717) is 17.2 Å². The number of hydrogen-bond donors (Lipinski definition) is 2. The molecule has 22 heavy (non-hydrogen) atoms. The summed E-state index contributed by atoms with van der Waals surface area (Å²) in [5, 5.41) is 2.71. The first-order valence-corrected chi connectivity index (χ1v) is 6.83. The molecule has 0 unspecified atom stereocenters. The summed E-state index contributed by atoms with van der Waals surface area (Å²) in [5.41, 5.74) is 3.18. The van der Waals surface area contributed by atoms with E-state index in [4.69, 9.17) is 4.74 Å². The zero-order chi connectivity index (χ0) is 15.3. The number of fused-ring (bicyclic) bond motifs is 2. The van der Waals surface area contributed by atoms with E-state index in [-0.39, 0.29) is 0 Å². The highest BCUT2D eigenvalue weighted by atomic mass is 16.6. The van der Waals surface area contributed by atoms with Gasteiger partial charge < -0.3 is 9.72 Å². The third-order valence-corrected chi connectivity index (χ3v) is 3.66. The van der Waals surface area contributed by atoms with Crippen LogP contribution in [0.5, 0.6) is 0 Å². The Morgan fingerprint density at radius 2 is 2.09 bits per heavy atom. The Morgan fingerprint density at radius 1 is 1.23 bits per heavy atom. The number of ether oxygens (including phenoxy) is 1. The third kappa shape index (κ3) is 1.90. The van der Waals surface area contributed by atoms with Crippen LogP contribution in [-0.4, -0.2) is 26.0 Å². The van der Waals surface area contributed by atoms with Gasteiger partial charge in [-0.15, -0.1) is 0 Å². The van der Waals surface area contributed by atoms with Crippen molar-refractivity contribution in [2.24, 2.45) is 0 Å². The summed E-state index contributed by atoms with van der Waals surface area (Å²) in [7, 11) is 0. The van der Waals surface area contributed by atoms with Crippen molar-refractivity contribution in [3.05, 3.63) is 36.3 Å². The molecule has 110 valence electrons. The molecule has 1 aliphatic rings. The predicted molar refractivity (Wildman–Crippen MR) is 80.2 cm³/mol. The Labute approximate surface area is 125 Å². The molecule has 7 heteroatoms. The van der Waals surface area contributed by atoms with Crippen molar-refractivity contribution in [2.45, 2.75) is 19.4 Å². The number of nitrogens with zero attached hydrogens (tertiary/aromatic N) is 3. The third-order valence-electron chi connectivity index (χ3n) is 3.66. The number of hydrogen-bond acceptors (Lipinski definition) is 5. The molecule has 0 saturated carbocycles. The molecule has 1 aromatic carbocycles. The number of aromatic amines is 1. The quantitative estimate of drug-likeness (QED) is 0.720. The number of carbonyl (C=O) groups is 1. The topological polar surface area (TPSA) is 92.8 Å². The lowest BCUT2D eigenvalue weighted by atomic mass is 9.94. The van der Waals surface area contributed by atoms with Gasteiger partial charge in [0.1, 0.15) is 11.3 Å². The summed E-state index contributed by atoms with van der Waals surface area (Å²) in [4.78, 5) is 27.6. The van der Waals surface area contributed by atoms with Crippen molar-refractivity contribution in [1.29, 1.82) is 0 Å². The summed E-state index contributed by atoms with van der Waals surface area (Å²) in [5.74, 6) is 0.635. The minimum Gasteiger partial charge on any atom is -0.438 e. The van der Waals surface area contributed by atoms with Crippen LogP contribution >= 0.6 is 0 Å². The molecule has 0 radical (unpaired) electrons. The minimum absolute atomic E-state index is 0.457. The lowest BCUT2D eigenvalue weighted by Crippen LogP contribution is -2.34. The van der Waals surface area contributed by atoms with Crippen molar-refractivity contribution in [3.8, 4) is 11.5 Å². The van der Waals surface area contributed by atoms with Crippen LogP contribution in [0.4, 0.5) is 10.5 Å². The average molecular weight is 295 g/mol. The van der Waals surface area contributed by atoms with E-state index < -0.39 is 11.7 Å². The summed E-state index contributed by atoms with van der Waals surface area (Å²) in [6.07, 6.45) is 4.42. The maximum Gasteiger partial charge on any atom is 0.412 e. The molecule has 2 aromatic heterocycles. The fraction of sp³-hybridized carbons (Fsp3) is 0.200. The van der Waals surface area contributed by atoms with E-state index in [2.05, 4.69) is 25.3 Å². The molecule has 0 fully saturated rings. The number of nitrogens with one attached hydrogen (secondary N) is 2. The van der Waals surface area contributed by atoms with E-state index in [0.717, 1.165) is 16.6 Å². The molecule has 3 aromatic rings. The van der Waals surface area contributed by atoms with Crippen molar-refractivity contribution in [3.63, 3.8) is 0 Å². The van der Waals surface area contributed by atoms with Gasteiger partial charge in [-0.25, -0.2) is 14.8 Å². The normalized spacial score (nSPS) is 16.0. The Kier molecular flexibility index (Phi) is 2.47. The lowest BCUT2D eigenvalue weighted by molar-refractivity contribution is 0.0421. The first kappa shape index (κ1) is 12.8. The summed E-state index contributed by atoms with van der Waals surface area (Å²) in [6, 6.07) is 3.78. The number of imidazole rings is 1. The van der Waals surface area contributed by atoms with Crippen molar-refractivity contribution < 1.29 is 9.53 Å². The standard InChI is InChI=1S/C15H13N5O2/c1-15(2)8-5-10-11(6-9(8)20-14(21)22-15)19-13(18-10)12-7-16-3-4-17-12/h3-7H,1-2H3,(H,18,19)(H,20,21). The molecule has 0 spiro atoms.